The maximum Gasteiger partial charge on any atom is 0.246 e. The third-order valence-corrected chi connectivity index (χ3v) is 11.2. The first-order valence-corrected chi connectivity index (χ1v) is 19.2. The Morgan fingerprint density at radius 3 is 1.50 bits per heavy atom. The minimum absolute atomic E-state index is 0.126. The predicted molar refractivity (Wildman–Crippen MR) is 213 cm³/mol. The fraction of sp³-hybridized carbons (Fsp3) is 0.275. The van der Waals surface area contributed by atoms with E-state index in [-0.39, 0.29) is 38.3 Å². The summed E-state index contributed by atoms with van der Waals surface area (Å²) in [7, 11) is 0. The summed E-state index contributed by atoms with van der Waals surface area (Å²) < 4.78 is 2.05. The lowest BCUT2D eigenvalue weighted by molar-refractivity contribution is -0.146. The van der Waals surface area contributed by atoms with Crippen LogP contribution in [0.5, 0.6) is 0 Å². The van der Waals surface area contributed by atoms with Crippen molar-refractivity contribution in [1.29, 1.82) is 0 Å². The number of nitrogens with one attached hydrogen (secondary N) is 2. The van der Waals surface area contributed by atoms with Crippen molar-refractivity contribution in [3.8, 4) is 0 Å². The van der Waals surface area contributed by atoms with E-state index in [2.05, 4.69) is 55.8 Å². The van der Waals surface area contributed by atoms with E-state index in [0.717, 1.165) is 40.5 Å². The Labute approximate surface area is 330 Å². The quantitative estimate of drug-likeness (QED) is 0.206. The van der Waals surface area contributed by atoms with Crippen LogP contribution in [0.3, 0.4) is 0 Å². The van der Waals surface area contributed by atoms with Crippen LogP contribution in [0.2, 0.25) is 0 Å². The van der Waals surface area contributed by atoms with Gasteiger partial charge in [0, 0.05) is 52.8 Å². The third kappa shape index (κ3) is 8.82. The van der Waals surface area contributed by atoms with Gasteiger partial charge in [-0.25, -0.2) is 0 Å². The molecule has 2 unspecified atom stereocenters. The molecule has 2 aliphatic heterocycles. The van der Waals surface area contributed by atoms with Crippen molar-refractivity contribution in [3.05, 3.63) is 138 Å². The summed E-state index contributed by atoms with van der Waals surface area (Å²) >= 11 is 4.40. The number of benzene rings is 4. The van der Waals surface area contributed by atoms with E-state index in [4.69, 9.17) is 5.73 Å². The Morgan fingerprint density at radius 2 is 1.04 bits per heavy atom. The molecule has 10 nitrogen and oxygen atoms in total. The zero-order valence-corrected chi connectivity index (χ0v) is 32.9. The molecule has 4 N–H and O–H groups in total. The van der Waals surface area contributed by atoms with Crippen molar-refractivity contribution in [1.82, 2.24) is 20.4 Å². The summed E-state index contributed by atoms with van der Waals surface area (Å²) in [6, 6.07) is 26.7. The van der Waals surface area contributed by atoms with E-state index >= 15 is 0 Å². The minimum Gasteiger partial charge on any atom is -0.368 e. The van der Waals surface area contributed by atoms with Crippen LogP contribution >= 0.6 is 45.2 Å². The highest BCUT2D eigenvalue weighted by Gasteiger charge is 2.41. The SMILES string of the molecule is CC(=O)N1Cc2ccccc2CC1C(=O)N[C@H](Cc1ccc(I)cc1)C(=O)N1Cc2ccccc2CC1C(=O)N[C@@H](Cc1ccc(I)cc1)C(N)=O. The average Bonchev–Trinajstić information content (AvgIpc) is 3.14. The van der Waals surface area contributed by atoms with Crippen LogP contribution in [0.15, 0.2) is 97.1 Å². The fourth-order valence-corrected chi connectivity index (χ4v) is 7.67. The van der Waals surface area contributed by atoms with E-state index in [9.17, 15) is 24.0 Å². The zero-order valence-electron chi connectivity index (χ0n) is 28.6. The fourth-order valence-electron chi connectivity index (χ4n) is 6.95. The summed E-state index contributed by atoms with van der Waals surface area (Å²) in [6.45, 7) is 1.85. The first-order chi connectivity index (χ1) is 25.0. The molecule has 52 heavy (non-hydrogen) atoms. The van der Waals surface area contributed by atoms with Crippen LogP contribution in [-0.2, 0) is 62.7 Å². The molecule has 0 aromatic heterocycles. The number of fused-ring (bicyclic) bond motifs is 2. The summed E-state index contributed by atoms with van der Waals surface area (Å²) in [5.74, 6) is -2.33. The van der Waals surface area contributed by atoms with Crippen LogP contribution in [0.1, 0.15) is 40.3 Å². The molecule has 5 amide bonds. The molecule has 6 rings (SSSR count). The zero-order chi connectivity index (χ0) is 36.9. The Balaban J connectivity index is 1.30. The molecule has 12 heteroatoms. The number of hydrogen-bond donors (Lipinski definition) is 3. The third-order valence-electron chi connectivity index (χ3n) is 9.77. The molecule has 2 heterocycles. The molecule has 4 aromatic rings. The molecule has 0 spiro atoms. The molecule has 0 radical (unpaired) electrons. The molecule has 0 fully saturated rings. The second-order valence-electron chi connectivity index (χ2n) is 13.3. The van der Waals surface area contributed by atoms with Crippen LogP contribution in [0.25, 0.3) is 0 Å². The Morgan fingerprint density at radius 1 is 0.635 bits per heavy atom. The van der Waals surface area contributed by atoms with Crippen molar-refractivity contribution < 1.29 is 24.0 Å². The normalized spacial score (nSPS) is 17.6. The van der Waals surface area contributed by atoms with E-state index < -0.39 is 47.8 Å². The number of nitrogens with two attached hydrogens (primary N) is 1. The van der Waals surface area contributed by atoms with Gasteiger partial charge < -0.3 is 26.2 Å². The van der Waals surface area contributed by atoms with Gasteiger partial charge in [-0.1, -0.05) is 72.8 Å². The van der Waals surface area contributed by atoms with Gasteiger partial charge in [0.1, 0.15) is 24.2 Å². The Bertz CT molecular complexity index is 1990. The number of halogens is 2. The highest BCUT2D eigenvalue weighted by molar-refractivity contribution is 14.1. The van der Waals surface area contributed by atoms with Crippen molar-refractivity contribution in [2.45, 2.75) is 69.9 Å². The van der Waals surface area contributed by atoms with Gasteiger partial charge in [-0.15, -0.1) is 0 Å². The molecule has 4 aromatic carbocycles. The first-order valence-electron chi connectivity index (χ1n) is 17.1. The maximum absolute atomic E-state index is 14.8. The number of primary amides is 1. The van der Waals surface area contributed by atoms with Crippen LogP contribution < -0.4 is 16.4 Å². The summed E-state index contributed by atoms with van der Waals surface area (Å²) in [5.41, 5.74) is 11.2. The average molecular weight is 924 g/mol. The second kappa shape index (κ2) is 16.6. The monoisotopic (exact) mass is 923 g/mol. The topological polar surface area (TPSA) is 142 Å². The van der Waals surface area contributed by atoms with Crippen molar-refractivity contribution in [2.24, 2.45) is 5.73 Å². The van der Waals surface area contributed by atoms with Gasteiger partial charge in [-0.2, -0.15) is 0 Å². The van der Waals surface area contributed by atoms with Crippen molar-refractivity contribution >= 4 is 74.7 Å². The molecular formula is C40H39I2N5O5. The highest BCUT2D eigenvalue weighted by Crippen LogP contribution is 2.27. The van der Waals surface area contributed by atoms with E-state index in [1.54, 1.807) is 0 Å². The van der Waals surface area contributed by atoms with Gasteiger partial charge in [0.25, 0.3) is 0 Å². The molecular weight excluding hydrogens is 884 g/mol. The van der Waals surface area contributed by atoms with Crippen molar-refractivity contribution in [2.75, 3.05) is 0 Å². The predicted octanol–water partition coefficient (Wildman–Crippen LogP) is 4.06. The van der Waals surface area contributed by atoms with Gasteiger partial charge in [-0.05, 0) is 103 Å². The van der Waals surface area contributed by atoms with Crippen LogP contribution in [-0.4, -0.2) is 63.5 Å². The number of rotatable bonds is 10. The molecule has 0 aliphatic carbocycles. The lowest BCUT2D eigenvalue weighted by Gasteiger charge is -2.39. The lowest BCUT2D eigenvalue weighted by Crippen LogP contribution is -2.61. The number of carbonyl (C=O) groups is 5. The van der Waals surface area contributed by atoms with Gasteiger partial charge in [0.05, 0.1) is 0 Å². The first kappa shape index (κ1) is 37.4. The molecule has 4 atom stereocenters. The number of nitrogens with zero attached hydrogens (tertiary/aromatic N) is 2. The molecule has 0 saturated carbocycles. The summed E-state index contributed by atoms with van der Waals surface area (Å²) in [6.07, 6.45) is 0.875. The molecule has 2 aliphatic rings. The largest absolute Gasteiger partial charge is 0.368 e. The molecule has 0 bridgehead atoms. The van der Waals surface area contributed by atoms with Gasteiger partial charge in [0.2, 0.25) is 29.5 Å². The molecule has 0 saturated heterocycles. The number of hydrogen-bond acceptors (Lipinski definition) is 5. The number of carbonyl (C=O) groups excluding carboxylic acids is 5. The summed E-state index contributed by atoms with van der Waals surface area (Å²) in [4.78, 5) is 71.6. The Kier molecular flexibility index (Phi) is 11.9. The van der Waals surface area contributed by atoms with Crippen LogP contribution in [0, 0.1) is 7.14 Å². The van der Waals surface area contributed by atoms with Gasteiger partial charge in [-0.3, -0.25) is 24.0 Å². The van der Waals surface area contributed by atoms with Gasteiger partial charge in [0.15, 0.2) is 0 Å². The van der Waals surface area contributed by atoms with Gasteiger partial charge >= 0.3 is 0 Å². The smallest absolute Gasteiger partial charge is 0.246 e. The van der Waals surface area contributed by atoms with E-state index in [1.807, 2.05) is 97.1 Å². The maximum atomic E-state index is 14.8. The Hall–Kier alpha value is -4.31. The number of amides is 5. The lowest BCUT2D eigenvalue weighted by atomic mass is 9.91. The molecule has 268 valence electrons. The minimum atomic E-state index is -1.06. The van der Waals surface area contributed by atoms with Crippen LogP contribution in [0.4, 0.5) is 0 Å². The highest BCUT2D eigenvalue weighted by atomic mass is 127. The second-order valence-corrected chi connectivity index (χ2v) is 15.8. The van der Waals surface area contributed by atoms with E-state index in [0.29, 0.717) is 6.42 Å². The van der Waals surface area contributed by atoms with E-state index in [1.165, 1.54) is 16.7 Å². The standard InChI is InChI=1S/C40H39I2N5O5/c1-24(48)46-22-29-8-4-2-6-27(29)20-35(46)38(50)45-34(19-26-12-16-32(42)17-13-26)40(52)47-23-30-9-5-3-7-28(30)21-36(47)39(51)44-33(37(43)49)18-25-10-14-31(41)15-11-25/h2-17,33-36H,18-23H2,1H3,(H2,43,49)(H,44,51)(H,45,50)/t33-,34+,35?,36?/m0/s1. The van der Waals surface area contributed by atoms with Crippen molar-refractivity contribution in [3.63, 3.8) is 0 Å². The summed E-state index contributed by atoms with van der Waals surface area (Å²) in [5, 5.41) is 5.85.